The second kappa shape index (κ2) is 10.2. The number of guanidine groups is 1. The van der Waals surface area contributed by atoms with Crippen LogP contribution in [-0.4, -0.2) is 48.0 Å². The van der Waals surface area contributed by atoms with Crippen molar-refractivity contribution in [1.82, 2.24) is 10.2 Å². The van der Waals surface area contributed by atoms with E-state index in [0.717, 1.165) is 42.6 Å². The summed E-state index contributed by atoms with van der Waals surface area (Å²) in [5.41, 5.74) is 9.46. The van der Waals surface area contributed by atoms with Crippen molar-refractivity contribution in [2.75, 3.05) is 13.7 Å². The van der Waals surface area contributed by atoms with Crippen LogP contribution < -0.4 is 15.8 Å². The number of benzene rings is 2. The summed E-state index contributed by atoms with van der Waals surface area (Å²) in [6.45, 7) is 4.33. The Kier molecular flexibility index (Phi) is 6.94. The average molecular weight is 505 g/mol. The molecule has 2 aromatic carbocycles. The first-order chi connectivity index (χ1) is 17.7. The zero-order valence-corrected chi connectivity index (χ0v) is 21.8. The van der Waals surface area contributed by atoms with Crippen molar-refractivity contribution in [3.63, 3.8) is 0 Å². The highest BCUT2D eigenvalue weighted by Gasteiger charge is 2.36. The third-order valence-corrected chi connectivity index (χ3v) is 7.50. The van der Waals surface area contributed by atoms with Crippen LogP contribution >= 0.6 is 0 Å². The van der Waals surface area contributed by atoms with E-state index in [1.807, 2.05) is 38.1 Å². The van der Waals surface area contributed by atoms with Crippen LogP contribution in [0.1, 0.15) is 85.1 Å². The smallest absolute Gasteiger partial charge is 0.251 e. The number of aryl methyl sites for hydroxylation is 1. The van der Waals surface area contributed by atoms with E-state index in [0.29, 0.717) is 18.4 Å². The van der Waals surface area contributed by atoms with Gasteiger partial charge in [-0.25, -0.2) is 4.99 Å². The van der Waals surface area contributed by atoms with Crippen LogP contribution in [-0.2, 0) is 16.0 Å². The number of aliphatic imine (C=N–C) groups is 1. The molecule has 0 fully saturated rings. The second-order valence-corrected chi connectivity index (χ2v) is 10.9. The van der Waals surface area contributed by atoms with Gasteiger partial charge in [0.05, 0.1) is 24.7 Å². The number of fused-ring (bicyclic) bond motifs is 5. The number of hydrogen-bond donors (Lipinski definition) is 2. The molecule has 0 aliphatic carbocycles. The van der Waals surface area contributed by atoms with Gasteiger partial charge in [0.25, 0.3) is 5.91 Å². The van der Waals surface area contributed by atoms with Gasteiger partial charge in [-0.2, -0.15) is 0 Å². The number of carbonyl (C=O) groups is 2. The summed E-state index contributed by atoms with van der Waals surface area (Å²) in [6, 6.07) is 12.9. The Morgan fingerprint density at radius 2 is 2.03 bits per heavy atom. The molecule has 0 saturated carbocycles. The Balaban J connectivity index is 1.55. The Labute approximate surface area is 218 Å². The topological polar surface area (TPSA) is 106 Å². The van der Waals surface area contributed by atoms with Crippen molar-refractivity contribution in [3.05, 3.63) is 64.7 Å². The molecule has 4 aliphatic heterocycles. The summed E-state index contributed by atoms with van der Waals surface area (Å²) in [6.07, 6.45) is 4.61. The van der Waals surface area contributed by atoms with Gasteiger partial charge in [0.1, 0.15) is 11.4 Å². The van der Waals surface area contributed by atoms with E-state index >= 15 is 0 Å². The first-order valence-corrected chi connectivity index (χ1v) is 13.1. The highest BCUT2D eigenvalue weighted by Crippen LogP contribution is 2.40. The monoisotopic (exact) mass is 504 g/mol. The normalized spacial score (nSPS) is 25.4. The zero-order valence-electron chi connectivity index (χ0n) is 21.8. The molecule has 2 amide bonds. The Bertz CT molecular complexity index is 1220. The van der Waals surface area contributed by atoms with Crippen molar-refractivity contribution in [3.8, 4) is 5.75 Å². The van der Waals surface area contributed by atoms with Crippen LogP contribution in [0.15, 0.2) is 47.5 Å². The first kappa shape index (κ1) is 25.3. The number of carbonyl (C=O) groups excluding carboxylic acids is 2. The van der Waals surface area contributed by atoms with Crippen LogP contribution in [0.3, 0.4) is 0 Å². The molecule has 6 bridgehead atoms. The highest BCUT2D eigenvalue weighted by atomic mass is 16.5. The van der Waals surface area contributed by atoms with Gasteiger partial charge < -0.3 is 20.5 Å². The van der Waals surface area contributed by atoms with Crippen molar-refractivity contribution >= 4 is 17.8 Å². The quantitative estimate of drug-likeness (QED) is 0.642. The van der Waals surface area contributed by atoms with Gasteiger partial charge in [-0.15, -0.1) is 0 Å². The maximum Gasteiger partial charge on any atom is 0.251 e. The van der Waals surface area contributed by atoms with Gasteiger partial charge in [-0.3, -0.25) is 14.5 Å². The Morgan fingerprint density at radius 3 is 2.81 bits per heavy atom. The number of ether oxygens (including phenoxy) is 2. The standard InChI is InChI=1S/C29H36N4O4/c1-29(2)16-23-22-13-18(11-12-25(22)37-29)7-4-5-10-21-15-26(34)33(28(30)31-21)24(17-36-3)19-8-6-9-20(14-19)27(35)32-23/h6,8-9,11-14,21,23-24H,4-5,7,10,15-17H2,1-3H3,(H2,30,31)(H,32,35). The Hall–Kier alpha value is -3.39. The van der Waals surface area contributed by atoms with Gasteiger partial charge in [0, 0.05) is 31.1 Å². The first-order valence-electron chi connectivity index (χ1n) is 13.1. The molecule has 4 aliphatic rings. The summed E-state index contributed by atoms with van der Waals surface area (Å²) < 4.78 is 11.7. The van der Waals surface area contributed by atoms with E-state index in [4.69, 9.17) is 15.2 Å². The number of hydrogen-bond acceptors (Lipinski definition) is 6. The number of methoxy groups -OCH3 is 1. The van der Waals surface area contributed by atoms with E-state index in [-0.39, 0.29) is 36.5 Å². The van der Waals surface area contributed by atoms with Crippen LogP contribution in [0.4, 0.5) is 0 Å². The number of nitrogens with one attached hydrogen (secondary N) is 1. The third-order valence-electron chi connectivity index (χ3n) is 7.50. The maximum atomic E-state index is 13.5. The van der Waals surface area contributed by atoms with Gasteiger partial charge in [0.15, 0.2) is 5.96 Å². The van der Waals surface area contributed by atoms with Crippen molar-refractivity contribution < 1.29 is 19.1 Å². The molecule has 3 atom stereocenters. The molecule has 2 aromatic rings. The summed E-state index contributed by atoms with van der Waals surface area (Å²) in [5.74, 6) is 0.788. The summed E-state index contributed by atoms with van der Waals surface area (Å²) in [4.78, 5) is 33.0. The molecule has 0 radical (unpaired) electrons. The van der Waals surface area contributed by atoms with Crippen LogP contribution in [0.25, 0.3) is 0 Å². The Morgan fingerprint density at radius 1 is 1.19 bits per heavy atom. The average Bonchev–Trinajstić information content (AvgIpc) is 2.85. The van der Waals surface area contributed by atoms with Gasteiger partial charge in [-0.05, 0) is 62.4 Å². The molecule has 4 heterocycles. The fraction of sp³-hybridized carbons (Fsp3) is 0.483. The van der Waals surface area contributed by atoms with E-state index < -0.39 is 11.6 Å². The number of rotatable bonds is 2. The number of amides is 2. The van der Waals surface area contributed by atoms with Gasteiger partial charge >= 0.3 is 0 Å². The summed E-state index contributed by atoms with van der Waals surface area (Å²) in [7, 11) is 1.59. The van der Waals surface area contributed by atoms with E-state index in [1.54, 1.807) is 13.2 Å². The maximum absolute atomic E-state index is 13.5. The minimum atomic E-state index is -0.473. The van der Waals surface area contributed by atoms with Crippen molar-refractivity contribution in [2.45, 2.75) is 76.1 Å². The van der Waals surface area contributed by atoms with Crippen molar-refractivity contribution in [2.24, 2.45) is 10.7 Å². The minimum Gasteiger partial charge on any atom is -0.487 e. The summed E-state index contributed by atoms with van der Waals surface area (Å²) >= 11 is 0. The SMILES string of the molecule is COCC1c2cccc(c2)C(=O)NC2CC(C)(C)Oc3ccc(cc32)CCCCC2CC(=O)N1C(N)=N2. The lowest BCUT2D eigenvalue weighted by molar-refractivity contribution is -0.131. The lowest BCUT2D eigenvalue weighted by Gasteiger charge is -2.38. The largest absolute Gasteiger partial charge is 0.487 e. The molecule has 8 heteroatoms. The zero-order chi connectivity index (χ0) is 26.2. The highest BCUT2D eigenvalue weighted by molar-refractivity contribution is 5.99. The molecule has 0 saturated heterocycles. The molecule has 3 N–H and O–H groups in total. The number of nitrogens with zero attached hydrogens (tertiary/aromatic N) is 2. The molecule has 8 nitrogen and oxygen atoms in total. The predicted octanol–water partition coefficient (Wildman–Crippen LogP) is 4.05. The molecule has 6 rings (SSSR count). The predicted molar refractivity (Wildman–Crippen MR) is 141 cm³/mol. The fourth-order valence-electron chi connectivity index (χ4n) is 5.73. The molecule has 0 spiro atoms. The molecular formula is C29H36N4O4. The second-order valence-electron chi connectivity index (χ2n) is 10.9. The minimum absolute atomic E-state index is 0.0693. The van der Waals surface area contributed by atoms with Crippen LogP contribution in [0.5, 0.6) is 5.75 Å². The van der Waals surface area contributed by atoms with Crippen LogP contribution in [0.2, 0.25) is 0 Å². The molecular weight excluding hydrogens is 468 g/mol. The molecule has 196 valence electrons. The molecule has 0 aromatic heterocycles. The summed E-state index contributed by atoms with van der Waals surface area (Å²) in [5, 5.41) is 3.25. The molecule has 37 heavy (non-hydrogen) atoms. The lowest BCUT2D eigenvalue weighted by Crippen LogP contribution is -2.50. The van der Waals surface area contributed by atoms with E-state index in [2.05, 4.69) is 22.4 Å². The number of nitrogens with two attached hydrogens (primary N) is 1. The van der Waals surface area contributed by atoms with E-state index in [1.165, 1.54) is 10.5 Å². The molecule has 3 unspecified atom stereocenters. The van der Waals surface area contributed by atoms with Gasteiger partial charge in [-0.1, -0.05) is 30.7 Å². The van der Waals surface area contributed by atoms with Crippen molar-refractivity contribution in [1.29, 1.82) is 0 Å². The van der Waals surface area contributed by atoms with Gasteiger partial charge in [0.2, 0.25) is 5.91 Å². The fourth-order valence-corrected chi connectivity index (χ4v) is 5.73. The third kappa shape index (κ3) is 5.34. The van der Waals surface area contributed by atoms with E-state index in [9.17, 15) is 9.59 Å². The van der Waals surface area contributed by atoms with Crippen LogP contribution in [0, 0.1) is 0 Å². The lowest BCUT2D eigenvalue weighted by atomic mass is 9.88.